The van der Waals surface area contributed by atoms with E-state index < -0.39 is 0 Å². The van der Waals surface area contributed by atoms with Crippen molar-refractivity contribution in [1.29, 1.82) is 0 Å². The van der Waals surface area contributed by atoms with Crippen LogP contribution in [-0.2, 0) is 11.3 Å². The molecule has 1 N–H and O–H groups in total. The third-order valence-electron chi connectivity index (χ3n) is 4.15. The quantitative estimate of drug-likeness (QED) is 0.777. The SMILES string of the molecule is CCCNCc1ccc(Cl)cc1N1CCC(COC)CC1. The Morgan fingerprint density at radius 3 is 2.76 bits per heavy atom. The molecule has 0 bridgehead atoms. The van der Waals surface area contributed by atoms with Crippen LogP contribution in [0.5, 0.6) is 0 Å². The van der Waals surface area contributed by atoms with Crippen LogP contribution in [-0.4, -0.2) is 33.4 Å². The molecule has 0 aliphatic carbocycles. The predicted octanol–water partition coefficient (Wildman–Crippen LogP) is 3.70. The highest BCUT2D eigenvalue weighted by Crippen LogP contribution is 2.29. The Kier molecular flexibility index (Phi) is 6.81. The summed E-state index contributed by atoms with van der Waals surface area (Å²) in [5, 5.41) is 4.31. The lowest BCUT2D eigenvalue weighted by molar-refractivity contribution is 0.139. The lowest BCUT2D eigenvalue weighted by Crippen LogP contribution is -2.35. The van der Waals surface area contributed by atoms with Gasteiger partial charge >= 0.3 is 0 Å². The van der Waals surface area contributed by atoms with E-state index in [2.05, 4.69) is 29.3 Å². The molecule has 4 heteroatoms. The van der Waals surface area contributed by atoms with Crippen molar-refractivity contribution >= 4 is 17.3 Å². The van der Waals surface area contributed by atoms with Crippen molar-refractivity contribution in [3.05, 3.63) is 28.8 Å². The number of ether oxygens (including phenoxy) is 1. The van der Waals surface area contributed by atoms with Gasteiger partial charge in [-0.25, -0.2) is 0 Å². The van der Waals surface area contributed by atoms with E-state index in [1.807, 2.05) is 6.07 Å². The van der Waals surface area contributed by atoms with Gasteiger partial charge in [-0.2, -0.15) is 0 Å². The molecule has 2 rings (SSSR count). The van der Waals surface area contributed by atoms with Gasteiger partial charge in [0.15, 0.2) is 0 Å². The van der Waals surface area contributed by atoms with Gasteiger partial charge < -0.3 is 15.0 Å². The normalized spacial score (nSPS) is 16.4. The van der Waals surface area contributed by atoms with Crippen LogP contribution in [0.25, 0.3) is 0 Å². The smallest absolute Gasteiger partial charge is 0.0491 e. The van der Waals surface area contributed by atoms with Crippen LogP contribution >= 0.6 is 11.6 Å². The molecule has 118 valence electrons. The van der Waals surface area contributed by atoms with Crippen LogP contribution < -0.4 is 10.2 Å². The van der Waals surface area contributed by atoms with Crippen LogP contribution in [0.3, 0.4) is 0 Å². The second kappa shape index (κ2) is 8.62. The van der Waals surface area contributed by atoms with E-state index >= 15 is 0 Å². The van der Waals surface area contributed by atoms with Crippen LogP contribution in [0.4, 0.5) is 5.69 Å². The summed E-state index contributed by atoms with van der Waals surface area (Å²) in [5.74, 6) is 0.701. The van der Waals surface area contributed by atoms with Gasteiger partial charge in [0.2, 0.25) is 0 Å². The third-order valence-corrected chi connectivity index (χ3v) is 4.38. The Morgan fingerprint density at radius 1 is 1.33 bits per heavy atom. The molecule has 0 aromatic heterocycles. The molecule has 0 radical (unpaired) electrons. The molecule has 0 amide bonds. The molecular formula is C17H27ClN2O. The van der Waals surface area contributed by atoms with Gasteiger partial charge in [-0.15, -0.1) is 0 Å². The van der Waals surface area contributed by atoms with Crippen LogP contribution in [0, 0.1) is 5.92 Å². The molecule has 1 aliphatic rings. The number of piperidine rings is 1. The number of hydrogen-bond donors (Lipinski definition) is 1. The number of anilines is 1. The fourth-order valence-electron chi connectivity index (χ4n) is 2.96. The van der Waals surface area contributed by atoms with Gasteiger partial charge in [0.1, 0.15) is 0 Å². The minimum Gasteiger partial charge on any atom is -0.384 e. The highest BCUT2D eigenvalue weighted by molar-refractivity contribution is 6.30. The molecule has 0 unspecified atom stereocenters. The summed E-state index contributed by atoms with van der Waals surface area (Å²) in [4.78, 5) is 2.47. The van der Waals surface area contributed by atoms with Crippen molar-refractivity contribution in [2.45, 2.75) is 32.7 Å². The number of nitrogens with one attached hydrogen (secondary N) is 1. The molecule has 1 saturated heterocycles. The van der Waals surface area contributed by atoms with E-state index in [0.717, 1.165) is 44.2 Å². The molecule has 1 aliphatic heterocycles. The Hall–Kier alpha value is -0.770. The van der Waals surface area contributed by atoms with E-state index in [1.165, 1.54) is 24.1 Å². The van der Waals surface area contributed by atoms with E-state index in [9.17, 15) is 0 Å². The molecule has 1 aromatic carbocycles. The van der Waals surface area contributed by atoms with Crippen molar-refractivity contribution in [2.24, 2.45) is 5.92 Å². The first-order valence-electron chi connectivity index (χ1n) is 7.97. The van der Waals surface area contributed by atoms with E-state index in [1.54, 1.807) is 7.11 Å². The first kappa shape index (κ1) is 16.6. The zero-order valence-electron chi connectivity index (χ0n) is 13.2. The van der Waals surface area contributed by atoms with Gasteiger partial charge in [-0.05, 0) is 49.4 Å². The van der Waals surface area contributed by atoms with Gasteiger partial charge in [0, 0.05) is 44.1 Å². The number of methoxy groups -OCH3 is 1. The Morgan fingerprint density at radius 2 is 2.10 bits per heavy atom. The lowest BCUT2D eigenvalue weighted by Gasteiger charge is -2.34. The highest BCUT2D eigenvalue weighted by Gasteiger charge is 2.21. The largest absolute Gasteiger partial charge is 0.384 e. The van der Waals surface area contributed by atoms with Gasteiger partial charge in [0.25, 0.3) is 0 Å². The van der Waals surface area contributed by atoms with Crippen molar-refractivity contribution in [3.8, 4) is 0 Å². The average Bonchev–Trinajstić information content (AvgIpc) is 2.50. The molecule has 0 spiro atoms. The summed E-state index contributed by atoms with van der Waals surface area (Å²) in [6.07, 6.45) is 3.55. The van der Waals surface area contributed by atoms with Gasteiger partial charge in [0.05, 0.1) is 0 Å². The summed E-state index contributed by atoms with van der Waals surface area (Å²) in [6.45, 7) is 7.23. The molecule has 0 saturated carbocycles. The fourth-order valence-corrected chi connectivity index (χ4v) is 3.12. The maximum absolute atomic E-state index is 6.21. The standard InChI is InChI=1S/C17H27ClN2O/c1-3-8-19-12-15-4-5-16(18)11-17(15)20-9-6-14(7-10-20)13-21-2/h4-5,11,14,19H,3,6-10,12-13H2,1-2H3. The second-order valence-corrected chi connectivity index (χ2v) is 6.27. The minimum absolute atomic E-state index is 0.701. The summed E-state index contributed by atoms with van der Waals surface area (Å²) in [7, 11) is 1.79. The summed E-state index contributed by atoms with van der Waals surface area (Å²) < 4.78 is 5.28. The molecule has 1 fully saturated rings. The monoisotopic (exact) mass is 310 g/mol. The highest BCUT2D eigenvalue weighted by atomic mass is 35.5. The van der Waals surface area contributed by atoms with Crippen molar-refractivity contribution in [2.75, 3.05) is 38.3 Å². The number of benzene rings is 1. The topological polar surface area (TPSA) is 24.5 Å². The maximum Gasteiger partial charge on any atom is 0.0491 e. The Balaban J connectivity index is 2.02. The molecule has 1 aromatic rings. The number of hydrogen-bond acceptors (Lipinski definition) is 3. The fraction of sp³-hybridized carbons (Fsp3) is 0.647. The number of nitrogens with zero attached hydrogens (tertiary/aromatic N) is 1. The number of rotatable bonds is 7. The minimum atomic E-state index is 0.701. The van der Waals surface area contributed by atoms with Crippen molar-refractivity contribution in [3.63, 3.8) is 0 Å². The zero-order valence-corrected chi connectivity index (χ0v) is 14.0. The first-order chi connectivity index (χ1) is 10.2. The molecular weight excluding hydrogens is 284 g/mol. The van der Waals surface area contributed by atoms with E-state index in [-0.39, 0.29) is 0 Å². The van der Waals surface area contributed by atoms with E-state index in [4.69, 9.17) is 16.3 Å². The van der Waals surface area contributed by atoms with Crippen molar-refractivity contribution < 1.29 is 4.74 Å². The van der Waals surface area contributed by atoms with Crippen LogP contribution in [0.1, 0.15) is 31.7 Å². The predicted molar refractivity (Wildman–Crippen MR) is 90.3 cm³/mol. The molecule has 21 heavy (non-hydrogen) atoms. The molecule has 1 heterocycles. The molecule has 3 nitrogen and oxygen atoms in total. The zero-order chi connectivity index (χ0) is 15.1. The van der Waals surface area contributed by atoms with Crippen LogP contribution in [0.2, 0.25) is 5.02 Å². The number of halogens is 1. The Bertz CT molecular complexity index is 431. The third kappa shape index (κ3) is 4.87. The van der Waals surface area contributed by atoms with Crippen molar-refractivity contribution in [1.82, 2.24) is 5.32 Å². The Labute approximate surface area is 133 Å². The average molecular weight is 311 g/mol. The summed E-state index contributed by atoms with van der Waals surface area (Å²) in [5.41, 5.74) is 2.64. The van der Waals surface area contributed by atoms with Gasteiger partial charge in [-0.1, -0.05) is 24.6 Å². The lowest BCUT2D eigenvalue weighted by atomic mass is 9.96. The van der Waals surface area contributed by atoms with E-state index in [0.29, 0.717) is 5.92 Å². The molecule has 0 atom stereocenters. The van der Waals surface area contributed by atoms with Gasteiger partial charge in [-0.3, -0.25) is 0 Å². The summed E-state index contributed by atoms with van der Waals surface area (Å²) in [6, 6.07) is 6.26. The van der Waals surface area contributed by atoms with Crippen LogP contribution in [0.15, 0.2) is 18.2 Å². The summed E-state index contributed by atoms with van der Waals surface area (Å²) >= 11 is 6.21. The first-order valence-corrected chi connectivity index (χ1v) is 8.35. The maximum atomic E-state index is 6.21. The second-order valence-electron chi connectivity index (χ2n) is 5.84.